The van der Waals surface area contributed by atoms with Crippen molar-refractivity contribution in [3.63, 3.8) is 0 Å². The molecule has 0 aliphatic rings. The summed E-state index contributed by atoms with van der Waals surface area (Å²) in [7, 11) is 6.70. The molecular weight excluding hydrogens is 461 g/mol. The lowest BCUT2D eigenvalue weighted by Crippen LogP contribution is -2.44. The maximum Gasteiger partial charge on any atom is 0.253 e. The van der Waals surface area contributed by atoms with E-state index in [0.717, 1.165) is 12.0 Å². The average molecular weight is 491 g/mol. The van der Waals surface area contributed by atoms with Gasteiger partial charge in [-0.25, -0.2) is 0 Å². The molecule has 0 fully saturated rings. The zero-order valence-electron chi connectivity index (χ0n) is 16.4. The molecule has 8 nitrogen and oxygen atoms in total. The molecule has 0 radical (unpaired) electrons. The van der Waals surface area contributed by atoms with Gasteiger partial charge in [-0.15, -0.1) is 24.0 Å². The van der Waals surface area contributed by atoms with Gasteiger partial charge in [-0.05, 0) is 24.1 Å². The van der Waals surface area contributed by atoms with Gasteiger partial charge in [0, 0.05) is 46.9 Å². The van der Waals surface area contributed by atoms with Crippen molar-refractivity contribution in [3.8, 4) is 0 Å². The van der Waals surface area contributed by atoms with Gasteiger partial charge in [0.05, 0.1) is 13.2 Å². The first-order chi connectivity index (χ1) is 12.5. The summed E-state index contributed by atoms with van der Waals surface area (Å²) < 4.78 is 4.88. The highest BCUT2D eigenvalue weighted by Gasteiger charge is 2.08. The second-order valence-corrected chi connectivity index (χ2v) is 5.85. The van der Waals surface area contributed by atoms with Gasteiger partial charge < -0.3 is 25.6 Å². The van der Waals surface area contributed by atoms with Gasteiger partial charge in [0.15, 0.2) is 5.96 Å². The number of guanidine groups is 1. The summed E-state index contributed by atoms with van der Waals surface area (Å²) in [4.78, 5) is 29.3. The van der Waals surface area contributed by atoms with E-state index in [1.165, 1.54) is 0 Å². The van der Waals surface area contributed by atoms with Crippen LogP contribution in [-0.2, 0) is 16.0 Å². The van der Waals surface area contributed by atoms with Crippen LogP contribution in [0.25, 0.3) is 0 Å². The second-order valence-electron chi connectivity index (χ2n) is 5.85. The van der Waals surface area contributed by atoms with Gasteiger partial charge in [-0.3, -0.25) is 14.6 Å². The number of ether oxygens (including phenoxy) is 1. The molecule has 1 rings (SSSR count). The Labute approximate surface area is 178 Å². The van der Waals surface area contributed by atoms with Crippen LogP contribution in [0.4, 0.5) is 0 Å². The number of nitrogens with zero attached hydrogens (tertiary/aromatic N) is 2. The first-order valence-electron chi connectivity index (χ1n) is 8.48. The van der Waals surface area contributed by atoms with Gasteiger partial charge in [0.1, 0.15) is 0 Å². The van der Waals surface area contributed by atoms with Crippen molar-refractivity contribution in [2.45, 2.75) is 6.42 Å². The molecule has 0 aliphatic heterocycles. The van der Waals surface area contributed by atoms with Crippen molar-refractivity contribution in [3.05, 3.63) is 35.4 Å². The number of aliphatic imine (C=N–C) groups is 1. The molecule has 0 heterocycles. The Hall–Kier alpha value is -1.88. The molecule has 0 bridgehead atoms. The van der Waals surface area contributed by atoms with E-state index in [2.05, 4.69) is 20.9 Å². The number of methoxy groups -OCH3 is 1. The molecule has 0 unspecified atom stereocenters. The Kier molecular flexibility index (Phi) is 13.2. The standard InChI is InChI=1S/C18H29N5O3.HI/c1-19-18(22-13-16(24)20-10-11-26-4)21-9-8-14-6-5-7-15(12-14)17(25)23(2)3;/h5-7,12H,8-11,13H2,1-4H3,(H,20,24)(H2,19,21,22);1H. The summed E-state index contributed by atoms with van der Waals surface area (Å²) in [5.74, 6) is 0.407. The molecule has 152 valence electrons. The van der Waals surface area contributed by atoms with Crippen molar-refractivity contribution in [1.82, 2.24) is 20.9 Å². The van der Waals surface area contributed by atoms with E-state index in [1.54, 1.807) is 33.2 Å². The summed E-state index contributed by atoms with van der Waals surface area (Å²) in [5.41, 5.74) is 1.72. The van der Waals surface area contributed by atoms with Crippen molar-refractivity contribution < 1.29 is 14.3 Å². The summed E-state index contributed by atoms with van der Waals surface area (Å²) >= 11 is 0. The van der Waals surface area contributed by atoms with Crippen LogP contribution in [0.2, 0.25) is 0 Å². The molecule has 1 aromatic carbocycles. The number of hydrogen-bond donors (Lipinski definition) is 3. The first-order valence-corrected chi connectivity index (χ1v) is 8.48. The number of carbonyl (C=O) groups excluding carboxylic acids is 2. The zero-order chi connectivity index (χ0) is 19.4. The highest BCUT2D eigenvalue weighted by molar-refractivity contribution is 14.0. The maximum absolute atomic E-state index is 12.0. The van der Waals surface area contributed by atoms with Crippen LogP contribution in [0.15, 0.2) is 29.3 Å². The number of benzene rings is 1. The Bertz CT molecular complexity index is 623. The highest BCUT2D eigenvalue weighted by atomic mass is 127. The third kappa shape index (κ3) is 10.1. The van der Waals surface area contributed by atoms with E-state index >= 15 is 0 Å². The Balaban J connectivity index is 0.00000676. The van der Waals surface area contributed by atoms with Crippen LogP contribution in [0.3, 0.4) is 0 Å². The van der Waals surface area contributed by atoms with Crippen molar-refractivity contribution >= 4 is 41.8 Å². The third-order valence-electron chi connectivity index (χ3n) is 3.55. The number of hydrogen-bond acceptors (Lipinski definition) is 4. The van der Waals surface area contributed by atoms with Gasteiger partial charge in [-0.2, -0.15) is 0 Å². The Morgan fingerprint density at radius 3 is 2.52 bits per heavy atom. The van der Waals surface area contributed by atoms with E-state index in [9.17, 15) is 9.59 Å². The van der Waals surface area contributed by atoms with Crippen LogP contribution in [0, 0.1) is 0 Å². The lowest BCUT2D eigenvalue weighted by Gasteiger charge is -2.13. The van der Waals surface area contributed by atoms with E-state index < -0.39 is 0 Å². The number of carbonyl (C=O) groups is 2. The smallest absolute Gasteiger partial charge is 0.253 e. The van der Waals surface area contributed by atoms with E-state index in [0.29, 0.717) is 31.2 Å². The maximum atomic E-state index is 12.0. The average Bonchev–Trinajstić information content (AvgIpc) is 2.64. The van der Waals surface area contributed by atoms with Crippen LogP contribution in [-0.4, -0.2) is 77.2 Å². The van der Waals surface area contributed by atoms with Gasteiger partial charge >= 0.3 is 0 Å². The molecule has 9 heteroatoms. The summed E-state index contributed by atoms with van der Waals surface area (Å²) in [6, 6.07) is 7.56. The predicted octanol–water partition coefficient (Wildman–Crippen LogP) is 0.477. The van der Waals surface area contributed by atoms with Crippen molar-refractivity contribution in [2.75, 3.05) is 54.5 Å². The molecule has 3 N–H and O–H groups in total. The molecule has 2 amide bonds. The molecule has 27 heavy (non-hydrogen) atoms. The van der Waals surface area contributed by atoms with Crippen LogP contribution in [0.1, 0.15) is 15.9 Å². The number of amides is 2. The minimum absolute atomic E-state index is 0. The molecule has 0 saturated carbocycles. The number of nitrogens with one attached hydrogen (secondary N) is 3. The lowest BCUT2D eigenvalue weighted by atomic mass is 10.1. The third-order valence-corrected chi connectivity index (χ3v) is 3.55. The molecule has 1 aromatic rings. The molecule has 0 saturated heterocycles. The Morgan fingerprint density at radius 1 is 1.15 bits per heavy atom. The van der Waals surface area contributed by atoms with Crippen LogP contribution < -0.4 is 16.0 Å². The van der Waals surface area contributed by atoms with Gasteiger partial charge in [0.25, 0.3) is 5.91 Å². The lowest BCUT2D eigenvalue weighted by molar-refractivity contribution is -0.120. The van der Waals surface area contributed by atoms with E-state index in [1.807, 2.05) is 24.3 Å². The highest BCUT2D eigenvalue weighted by Crippen LogP contribution is 2.07. The quantitative estimate of drug-likeness (QED) is 0.202. The molecular formula is C18H30IN5O3. The molecule has 0 aliphatic carbocycles. The number of rotatable bonds is 9. The molecule has 0 aromatic heterocycles. The van der Waals surface area contributed by atoms with E-state index in [-0.39, 0.29) is 42.3 Å². The minimum Gasteiger partial charge on any atom is -0.383 e. The fourth-order valence-corrected chi connectivity index (χ4v) is 2.18. The molecule has 0 atom stereocenters. The Morgan fingerprint density at radius 2 is 1.89 bits per heavy atom. The topological polar surface area (TPSA) is 95.1 Å². The normalized spacial score (nSPS) is 10.6. The van der Waals surface area contributed by atoms with Gasteiger partial charge in [-0.1, -0.05) is 12.1 Å². The summed E-state index contributed by atoms with van der Waals surface area (Å²) in [6.07, 6.45) is 0.731. The minimum atomic E-state index is -0.125. The van der Waals surface area contributed by atoms with Crippen molar-refractivity contribution in [2.24, 2.45) is 4.99 Å². The fraction of sp³-hybridized carbons (Fsp3) is 0.500. The predicted molar refractivity (Wildman–Crippen MR) is 118 cm³/mol. The SMILES string of the molecule is CN=C(NCCc1cccc(C(=O)N(C)C)c1)NCC(=O)NCCOC.I. The molecule has 0 spiro atoms. The first kappa shape index (κ1) is 25.1. The zero-order valence-corrected chi connectivity index (χ0v) is 18.7. The van der Waals surface area contributed by atoms with E-state index in [4.69, 9.17) is 4.74 Å². The van der Waals surface area contributed by atoms with Crippen LogP contribution >= 0.6 is 24.0 Å². The second kappa shape index (κ2) is 14.2. The number of halogens is 1. The largest absolute Gasteiger partial charge is 0.383 e. The van der Waals surface area contributed by atoms with Gasteiger partial charge in [0.2, 0.25) is 5.91 Å². The van der Waals surface area contributed by atoms with Crippen LogP contribution in [0.5, 0.6) is 0 Å². The summed E-state index contributed by atoms with van der Waals surface area (Å²) in [5, 5.41) is 8.83. The monoisotopic (exact) mass is 491 g/mol. The van der Waals surface area contributed by atoms with Crippen molar-refractivity contribution in [1.29, 1.82) is 0 Å². The summed E-state index contributed by atoms with van der Waals surface area (Å²) in [6.45, 7) is 1.72. The fourth-order valence-electron chi connectivity index (χ4n) is 2.18.